The zero-order valence-corrected chi connectivity index (χ0v) is 29.8. The number of aliphatic hydroxyl groups excluding tert-OH is 1. The zero-order valence-electron chi connectivity index (χ0n) is 28.2. The van der Waals surface area contributed by atoms with Gasteiger partial charge in [0, 0.05) is 44.0 Å². The molecule has 3 amide bonds. The highest BCUT2D eigenvalue weighted by atomic mass is 79.9. The maximum Gasteiger partial charge on any atom is 0.313 e. The van der Waals surface area contributed by atoms with Crippen LogP contribution in [-0.2, 0) is 28.7 Å². The van der Waals surface area contributed by atoms with Crippen LogP contribution in [0.25, 0.3) is 0 Å². The van der Waals surface area contributed by atoms with E-state index in [1.54, 1.807) is 29.0 Å². The fourth-order valence-corrected chi connectivity index (χ4v) is 9.33. The van der Waals surface area contributed by atoms with Crippen LogP contribution in [0.1, 0.15) is 76.4 Å². The Morgan fingerprint density at radius 1 is 1.17 bits per heavy atom. The lowest BCUT2D eigenvalue weighted by atomic mass is 9.70. The number of hydrogen-bond acceptors (Lipinski definition) is 7. The molecule has 8 atom stereocenters. The molecule has 262 valence electrons. The third-order valence-corrected chi connectivity index (χ3v) is 11.7. The number of ether oxygens (including phenoxy) is 2. The molecule has 1 spiro atoms. The number of allylic oxidation sites excluding steroid dienone is 1. The second-order valence-electron chi connectivity index (χ2n) is 13.7. The molecule has 1 unspecified atom stereocenters. The Morgan fingerprint density at radius 2 is 1.88 bits per heavy atom. The fraction of sp³-hybridized carbons (Fsp3) is 0.622. The molecular weight excluding hydrogens is 678 g/mol. The number of alkyl halides is 1. The molecular formula is C37H50BrN3O7. The summed E-state index contributed by atoms with van der Waals surface area (Å²) in [4.78, 5) is 61.3. The van der Waals surface area contributed by atoms with Gasteiger partial charge in [-0.25, -0.2) is 0 Å². The van der Waals surface area contributed by atoms with Crippen LogP contribution in [0, 0.1) is 11.8 Å². The van der Waals surface area contributed by atoms with Crippen molar-refractivity contribution in [2.24, 2.45) is 11.8 Å². The Kier molecular flexibility index (Phi) is 11.8. The quantitative estimate of drug-likeness (QED) is 0.160. The Bertz CT molecular complexity index is 1350. The second-order valence-corrected chi connectivity index (χ2v) is 14.9. The predicted molar refractivity (Wildman–Crippen MR) is 185 cm³/mol. The molecule has 1 N–H and O–H groups in total. The Morgan fingerprint density at radius 3 is 2.52 bits per heavy atom. The summed E-state index contributed by atoms with van der Waals surface area (Å²) in [5.74, 6) is -3.10. The first-order chi connectivity index (χ1) is 23.1. The molecule has 3 saturated heterocycles. The van der Waals surface area contributed by atoms with E-state index in [9.17, 15) is 24.3 Å². The first-order valence-electron chi connectivity index (χ1n) is 17.4. The number of likely N-dealkylation sites (tertiary alicyclic amines) is 1. The standard InChI is InChI=1S/C37H50BrN3O7/c1-5-7-19-28(43)39(4)24(3)31(25-15-10-8-11-16-25)47-36(46)29-30-34(44)41(21-14-22-42)33(37(30)23-27(38)32(29)48-37)35(45)40(20-6-2)26-17-12-9-13-18-26/h5-6,8,10-11,15-16,24,26-27,29-33,42H,1-2,7,9,12-14,17-23H2,3-4H3/t24-,27?,29-,30+,31+,32-,33-,37+/m0/s1. The highest BCUT2D eigenvalue weighted by Crippen LogP contribution is 2.60. The molecule has 0 radical (unpaired) electrons. The van der Waals surface area contributed by atoms with Crippen LogP contribution in [0.15, 0.2) is 55.6 Å². The number of amides is 3. The summed E-state index contributed by atoms with van der Waals surface area (Å²) in [5, 5.41) is 9.75. The zero-order chi connectivity index (χ0) is 34.6. The van der Waals surface area contributed by atoms with E-state index in [2.05, 4.69) is 29.1 Å². The van der Waals surface area contributed by atoms with Crippen molar-refractivity contribution < 1.29 is 33.8 Å². The van der Waals surface area contributed by atoms with Crippen molar-refractivity contribution in [1.82, 2.24) is 14.7 Å². The Labute approximate surface area is 292 Å². The van der Waals surface area contributed by atoms with E-state index in [1.165, 1.54) is 0 Å². The largest absolute Gasteiger partial charge is 0.455 e. The maximum absolute atomic E-state index is 14.7. The molecule has 2 bridgehead atoms. The summed E-state index contributed by atoms with van der Waals surface area (Å²) < 4.78 is 13.1. The van der Waals surface area contributed by atoms with Gasteiger partial charge < -0.3 is 29.3 Å². The van der Waals surface area contributed by atoms with Gasteiger partial charge in [0.2, 0.25) is 17.7 Å². The number of likely N-dealkylation sites (N-methyl/N-ethyl adjacent to an activating group) is 1. The monoisotopic (exact) mass is 727 g/mol. The Balaban J connectivity index is 1.48. The van der Waals surface area contributed by atoms with Crippen LogP contribution in [0.4, 0.5) is 0 Å². The molecule has 4 aliphatic rings. The minimum absolute atomic E-state index is 0.0351. The number of hydrogen-bond donors (Lipinski definition) is 1. The number of benzene rings is 1. The first-order valence-corrected chi connectivity index (χ1v) is 18.3. The summed E-state index contributed by atoms with van der Waals surface area (Å²) in [6.45, 7) is 9.84. The van der Waals surface area contributed by atoms with Crippen LogP contribution in [0.2, 0.25) is 0 Å². The number of aliphatic hydroxyl groups is 1. The SMILES string of the molecule is C=CCCC(=O)N(C)[C@@H](C)[C@@H](OC(=O)[C@@H]1[C@H]2O[C@@]3(CC2Br)[C@H](C(=O)N(CC=C)C2CCCCC2)N(CCCO)C(=O)[C@@H]13)c1ccccc1. The summed E-state index contributed by atoms with van der Waals surface area (Å²) in [5.41, 5.74) is -0.509. The molecule has 3 aliphatic heterocycles. The van der Waals surface area contributed by atoms with E-state index in [0.717, 1.165) is 37.7 Å². The first kappa shape index (κ1) is 36.3. The van der Waals surface area contributed by atoms with E-state index < -0.39 is 47.7 Å². The summed E-state index contributed by atoms with van der Waals surface area (Å²) in [6.07, 6.45) is 8.38. The molecule has 48 heavy (non-hydrogen) atoms. The van der Waals surface area contributed by atoms with Gasteiger partial charge >= 0.3 is 5.97 Å². The third kappa shape index (κ3) is 6.74. The van der Waals surface area contributed by atoms with E-state index in [0.29, 0.717) is 25.8 Å². The van der Waals surface area contributed by atoms with Crippen molar-refractivity contribution >= 4 is 39.6 Å². The van der Waals surface area contributed by atoms with Gasteiger partial charge in [0.1, 0.15) is 17.7 Å². The molecule has 4 fully saturated rings. The molecule has 1 saturated carbocycles. The lowest BCUT2D eigenvalue weighted by Gasteiger charge is -2.41. The van der Waals surface area contributed by atoms with Gasteiger partial charge in [0.25, 0.3) is 0 Å². The van der Waals surface area contributed by atoms with Crippen molar-refractivity contribution in [2.75, 3.05) is 26.7 Å². The van der Waals surface area contributed by atoms with Crippen molar-refractivity contribution in [1.29, 1.82) is 0 Å². The highest BCUT2D eigenvalue weighted by Gasteiger charge is 2.77. The predicted octanol–water partition coefficient (Wildman–Crippen LogP) is 4.56. The molecule has 1 aliphatic carbocycles. The van der Waals surface area contributed by atoms with Crippen molar-refractivity contribution in [2.45, 2.75) is 105 Å². The van der Waals surface area contributed by atoms with Crippen LogP contribution >= 0.6 is 15.9 Å². The summed E-state index contributed by atoms with van der Waals surface area (Å²) in [6, 6.07) is 7.86. The van der Waals surface area contributed by atoms with Gasteiger partial charge in [0.05, 0.1) is 24.0 Å². The minimum atomic E-state index is -1.23. The average Bonchev–Trinajstić information content (AvgIpc) is 3.70. The van der Waals surface area contributed by atoms with Crippen LogP contribution in [0.5, 0.6) is 0 Å². The molecule has 0 aromatic heterocycles. The lowest BCUT2D eigenvalue weighted by molar-refractivity contribution is -0.164. The van der Waals surface area contributed by atoms with Crippen molar-refractivity contribution in [3.63, 3.8) is 0 Å². The van der Waals surface area contributed by atoms with Crippen LogP contribution in [0.3, 0.4) is 0 Å². The number of nitrogens with zero attached hydrogens (tertiary/aromatic N) is 3. The number of rotatable bonds is 15. The van der Waals surface area contributed by atoms with Crippen molar-refractivity contribution in [3.8, 4) is 0 Å². The molecule has 1 aromatic rings. The van der Waals surface area contributed by atoms with Gasteiger partial charge in [-0.05, 0) is 44.6 Å². The minimum Gasteiger partial charge on any atom is -0.455 e. The van der Waals surface area contributed by atoms with Crippen LogP contribution < -0.4 is 0 Å². The highest BCUT2D eigenvalue weighted by molar-refractivity contribution is 9.09. The van der Waals surface area contributed by atoms with Gasteiger partial charge in [-0.2, -0.15) is 0 Å². The third-order valence-electron chi connectivity index (χ3n) is 10.9. The number of carbonyl (C=O) groups excluding carboxylic acids is 4. The van der Waals surface area contributed by atoms with Gasteiger partial charge in [-0.1, -0.05) is 77.7 Å². The molecule has 5 rings (SSSR count). The normalized spacial score (nSPS) is 29.2. The van der Waals surface area contributed by atoms with E-state index in [4.69, 9.17) is 9.47 Å². The van der Waals surface area contributed by atoms with Crippen LogP contribution in [-0.4, -0.2) is 105 Å². The smallest absolute Gasteiger partial charge is 0.313 e. The van der Waals surface area contributed by atoms with Gasteiger partial charge in [-0.15, -0.1) is 13.2 Å². The number of carbonyl (C=O) groups is 4. The van der Waals surface area contributed by atoms with E-state index in [-0.39, 0.29) is 48.2 Å². The molecule has 3 heterocycles. The van der Waals surface area contributed by atoms with Gasteiger partial charge in [0.15, 0.2) is 0 Å². The summed E-state index contributed by atoms with van der Waals surface area (Å²) >= 11 is 3.75. The van der Waals surface area contributed by atoms with Gasteiger partial charge in [-0.3, -0.25) is 19.2 Å². The molecule has 11 heteroatoms. The van der Waals surface area contributed by atoms with E-state index in [1.807, 2.05) is 42.2 Å². The summed E-state index contributed by atoms with van der Waals surface area (Å²) in [7, 11) is 1.70. The van der Waals surface area contributed by atoms with Crippen molar-refractivity contribution in [3.05, 3.63) is 61.2 Å². The number of halogens is 1. The maximum atomic E-state index is 14.7. The molecule has 10 nitrogen and oxygen atoms in total. The number of esters is 1. The number of fused-ring (bicyclic) bond motifs is 1. The Hall–Kier alpha value is -3.02. The fourth-order valence-electron chi connectivity index (χ4n) is 8.39. The van der Waals surface area contributed by atoms with E-state index >= 15 is 0 Å². The topological polar surface area (TPSA) is 117 Å². The average molecular weight is 729 g/mol. The molecule has 1 aromatic carbocycles. The second kappa shape index (κ2) is 15.7. The lowest BCUT2D eigenvalue weighted by Crippen LogP contribution is -2.58.